The van der Waals surface area contributed by atoms with Crippen LogP contribution in [0, 0.1) is 6.92 Å². The number of benzene rings is 2. The summed E-state index contributed by atoms with van der Waals surface area (Å²) in [6, 6.07) is 12.6. The molecule has 118 valence electrons. The van der Waals surface area contributed by atoms with Gasteiger partial charge < -0.3 is 10.2 Å². The Kier molecular flexibility index (Phi) is 4.35. The van der Waals surface area contributed by atoms with Crippen molar-refractivity contribution in [2.75, 3.05) is 16.8 Å². The van der Waals surface area contributed by atoms with Crippen molar-refractivity contribution in [1.29, 1.82) is 0 Å². The molecule has 0 spiro atoms. The molecule has 1 fully saturated rings. The predicted molar refractivity (Wildman–Crippen MR) is 92.2 cm³/mol. The van der Waals surface area contributed by atoms with Gasteiger partial charge in [0.05, 0.1) is 10.7 Å². The average molecular weight is 329 g/mol. The number of carbonyl (C=O) groups excluding carboxylic acids is 2. The van der Waals surface area contributed by atoms with Gasteiger partial charge >= 0.3 is 0 Å². The van der Waals surface area contributed by atoms with Crippen LogP contribution >= 0.6 is 11.6 Å². The number of halogens is 1. The van der Waals surface area contributed by atoms with Gasteiger partial charge in [-0.2, -0.15) is 0 Å². The molecule has 0 radical (unpaired) electrons. The number of rotatable bonds is 3. The average Bonchev–Trinajstić information content (AvgIpc) is 2.96. The fourth-order valence-electron chi connectivity index (χ4n) is 2.65. The minimum Gasteiger partial charge on any atom is -0.321 e. The topological polar surface area (TPSA) is 49.4 Å². The second-order valence-corrected chi connectivity index (χ2v) is 6.04. The molecule has 1 aliphatic rings. The lowest BCUT2D eigenvalue weighted by Gasteiger charge is -2.16. The molecule has 0 saturated carbocycles. The predicted octanol–water partition coefficient (Wildman–Crippen LogP) is 4.03. The van der Waals surface area contributed by atoms with E-state index in [0.29, 0.717) is 29.2 Å². The van der Waals surface area contributed by atoms with Crippen molar-refractivity contribution >= 4 is 34.8 Å². The van der Waals surface area contributed by atoms with Gasteiger partial charge in [0.2, 0.25) is 5.91 Å². The van der Waals surface area contributed by atoms with Crippen molar-refractivity contribution in [1.82, 2.24) is 0 Å². The number of carbonyl (C=O) groups is 2. The molecule has 5 heteroatoms. The number of amides is 2. The van der Waals surface area contributed by atoms with Crippen LogP contribution in [0.5, 0.6) is 0 Å². The van der Waals surface area contributed by atoms with Crippen molar-refractivity contribution in [2.45, 2.75) is 19.8 Å². The summed E-state index contributed by atoms with van der Waals surface area (Å²) in [7, 11) is 0. The van der Waals surface area contributed by atoms with Gasteiger partial charge in [0, 0.05) is 24.2 Å². The second kappa shape index (κ2) is 6.42. The van der Waals surface area contributed by atoms with Crippen LogP contribution in [0.25, 0.3) is 0 Å². The number of hydrogen-bond acceptors (Lipinski definition) is 2. The maximum atomic E-state index is 12.4. The standard InChI is InChI=1S/C18H17ClN2O2/c1-12-7-8-16(15(19)10-12)20-18(23)13-4-2-5-14(11-13)21-9-3-6-17(21)22/h2,4-5,7-8,10-11H,3,6,9H2,1H3,(H,20,23). The van der Waals surface area contributed by atoms with E-state index in [-0.39, 0.29) is 11.8 Å². The van der Waals surface area contributed by atoms with Crippen LogP contribution in [0.1, 0.15) is 28.8 Å². The summed E-state index contributed by atoms with van der Waals surface area (Å²) in [6.45, 7) is 2.64. The molecule has 2 aromatic carbocycles. The van der Waals surface area contributed by atoms with Gasteiger partial charge in [-0.1, -0.05) is 23.7 Å². The summed E-state index contributed by atoms with van der Waals surface area (Å²) in [5.74, 6) is -0.145. The van der Waals surface area contributed by atoms with Gasteiger partial charge in [0.15, 0.2) is 0 Å². The van der Waals surface area contributed by atoms with Gasteiger partial charge in [-0.15, -0.1) is 0 Å². The zero-order valence-corrected chi connectivity index (χ0v) is 13.6. The van der Waals surface area contributed by atoms with Crippen molar-refractivity contribution in [2.24, 2.45) is 0 Å². The summed E-state index contributed by atoms with van der Waals surface area (Å²) < 4.78 is 0. The first-order valence-electron chi connectivity index (χ1n) is 7.52. The number of nitrogens with one attached hydrogen (secondary N) is 1. The quantitative estimate of drug-likeness (QED) is 0.924. The SMILES string of the molecule is Cc1ccc(NC(=O)c2cccc(N3CCCC3=O)c2)c(Cl)c1. The minimum atomic E-state index is -0.246. The largest absolute Gasteiger partial charge is 0.321 e. The third kappa shape index (κ3) is 3.37. The Morgan fingerprint density at radius 1 is 1.22 bits per heavy atom. The van der Waals surface area contributed by atoms with E-state index in [1.165, 1.54) is 0 Å². The lowest BCUT2D eigenvalue weighted by Crippen LogP contribution is -2.24. The van der Waals surface area contributed by atoms with E-state index in [4.69, 9.17) is 11.6 Å². The molecule has 0 aliphatic carbocycles. The Labute approximate surface area is 140 Å². The Bertz CT molecular complexity index is 773. The Morgan fingerprint density at radius 2 is 2.04 bits per heavy atom. The number of hydrogen-bond donors (Lipinski definition) is 1. The molecule has 0 bridgehead atoms. The summed E-state index contributed by atoms with van der Waals surface area (Å²) in [6.07, 6.45) is 1.42. The smallest absolute Gasteiger partial charge is 0.255 e. The Hall–Kier alpha value is -2.33. The highest BCUT2D eigenvalue weighted by atomic mass is 35.5. The van der Waals surface area contributed by atoms with Crippen molar-refractivity contribution in [3.63, 3.8) is 0 Å². The van der Waals surface area contributed by atoms with Crippen LogP contribution in [-0.4, -0.2) is 18.4 Å². The molecule has 1 N–H and O–H groups in total. The molecular formula is C18H17ClN2O2. The highest BCUT2D eigenvalue weighted by Gasteiger charge is 2.22. The van der Waals surface area contributed by atoms with E-state index in [1.54, 1.807) is 35.2 Å². The number of nitrogens with zero attached hydrogens (tertiary/aromatic N) is 1. The summed E-state index contributed by atoms with van der Waals surface area (Å²) in [5, 5.41) is 3.31. The fraction of sp³-hybridized carbons (Fsp3) is 0.222. The van der Waals surface area contributed by atoms with Gasteiger partial charge in [-0.25, -0.2) is 0 Å². The van der Waals surface area contributed by atoms with Crippen LogP contribution in [0.15, 0.2) is 42.5 Å². The van der Waals surface area contributed by atoms with Crippen LogP contribution in [0.4, 0.5) is 11.4 Å². The molecule has 1 heterocycles. The first kappa shape index (κ1) is 15.6. The monoisotopic (exact) mass is 328 g/mol. The molecule has 0 atom stereocenters. The molecule has 1 saturated heterocycles. The van der Waals surface area contributed by atoms with Crippen LogP contribution in [0.3, 0.4) is 0 Å². The van der Waals surface area contributed by atoms with Crippen molar-refractivity contribution in [3.8, 4) is 0 Å². The zero-order chi connectivity index (χ0) is 16.4. The summed E-state index contributed by atoms with van der Waals surface area (Å²) in [4.78, 5) is 26.0. The molecule has 1 aliphatic heterocycles. The van der Waals surface area contributed by atoms with Crippen molar-refractivity contribution in [3.05, 3.63) is 58.6 Å². The van der Waals surface area contributed by atoms with E-state index in [2.05, 4.69) is 5.32 Å². The number of anilines is 2. The molecular weight excluding hydrogens is 312 g/mol. The molecule has 23 heavy (non-hydrogen) atoms. The summed E-state index contributed by atoms with van der Waals surface area (Å²) >= 11 is 6.15. The number of aryl methyl sites for hydroxylation is 1. The van der Waals surface area contributed by atoms with Crippen LogP contribution < -0.4 is 10.2 Å². The first-order chi connectivity index (χ1) is 11.0. The van der Waals surface area contributed by atoms with E-state index >= 15 is 0 Å². The highest BCUT2D eigenvalue weighted by molar-refractivity contribution is 6.34. The molecule has 2 aromatic rings. The maximum Gasteiger partial charge on any atom is 0.255 e. The highest BCUT2D eigenvalue weighted by Crippen LogP contribution is 2.25. The molecule has 3 rings (SSSR count). The van der Waals surface area contributed by atoms with Gasteiger partial charge in [-0.3, -0.25) is 9.59 Å². The first-order valence-corrected chi connectivity index (χ1v) is 7.90. The van der Waals surface area contributed by atoms with E-state index in [1.807, 2.05) is 19.1 Å². The van der Waals surface area contributed by atoms with Gasteiger partial charge in [0.1, 0.15) is 0 Å². The van der Waals surface area contributed by atoms with Crippen molar-refractivity contribution < 1.29 is 9.59 Å². The third-order valence-corrected chi connectivity index (χ3v) is 4.18. The lowest BCUT2D eigenvalue weighted by molar-refractivity contribution is -0.117. The van der Waals surface area contributed by atoms with E-state index < -0.39 is 0 Å². The maximum absolute atomic E-state index is 12.4. The minimum absolute atomic E-state index is 0.101. The Morgan fingerprint density at radius 3 is 2.74 bits per heavy atom. The van der Waals surface area contributed by atoms with Crippen LogP contribution in [-0.2, 0) is 4.79 Å². The molecule has 0 aromatic heterocycles. The van der Waals surface area contributed by atoms with E-state index in [0.717, 1.165) is 17.7 Å². The summed E-state index contributed by atoms with van der Waals surface area (Å²) in [5.41, 5.74) is 2.86. The molecule has 2 amide bonds. The van der Waals surface area contributed by atoms with Gasteiger partial charge in [-0.05, 0) is 49.2 Å². The zero-order valence-electron chi connectivity index (χ0n) is 12.8. The lowest BCUT2D eigenvalue weighted by atomic mass is 10.1. The second-order valence-electron chi connectivity index (χ2n) is 5.64. The molecule has 4 nitrogen and oxygen atoms in total. The fourth-order valence-corrected chi connectivity index (χ4v) is 2.93. The third-order valence-electron chi connectivity index (χ3n) is 3.87. The normalized spacial score (nSPS) is 14.2. The van der Waals surface area contributed by atoms with Crippen LogP contribution in [0.2, 0.25) is 5.02 Å². The van der Waals surface area contributed by atoms with Gasteiger partial charge in [0.25, 0.3) is 5.91 Å². The Balaban J connectivity index is 1.81. The van der Waals surface area contributed by atoms with E-state index in [9.17, 15) is 9.59 Å². The molecule has 0 unspecified atom stereocenters.